The summed E-state index contributed by atoms with van der Waals surface area (Å²) in [7, 11) is 0. The molecule has 0 saturated carbocycles. The number of fused-ring (bicyclic) bond motifs is 1. The van der Waals surface area contributed by atoms with Gasteiger partial charge in [0.25, 0.3) is 0 Å². The molecule has 0 atom stereocenters. The standard InChI is InChI=1S/C16H20N4O/c1-5-12(6-2)13-7-15-18-11(4)16(14-8-21-9-17-14)20(15)19-10(13)3/h7-9,12H,5-6H2,1-4H3. The minimum atomic E-state index is 0.537. The number of imidazole rings is 1. The molecule has 0 unspecified atom stereocenters. The Hall–Kier alpha value is -2.17. The molecule has 0 aliphatic carbocycles. The van der Waals surface area contributed by atoms with E-state index in [0.717, 1.165) is 41.3 Å². The zero-order chi connectivity index (χ0) is 15.0. The van der Waals surface area contributed by atoms with Gasteiger partial charge in [0.05, 0.1) is 11.4 Å². The third kappa shape index (κ3) is 2.22. The van der Waals surface area contributed by atoms with Gasteiger partial charge in [-0.2, -0.15) is 5.10 Å². The molecule has 0 bridgehead atoms. The summed E-state index contributed by atoms with van der Waals surface area (Å²) in [6.07, 6.45) is 5.29. The summed E-state index contributed by atoms with van der Waals surface area (Å²) in [6, 6.07) is 2.16. The largest absolute Gasteiger partial charge is 0.451 e. The molecule has 3 rings (SSSR count). The highest BCUT2D eigenvalue weighted by atomic mass is 16.3. The van der Waals surface area contributed by atoms with E-state index in [1.54, 1.807) is 6.26 Å². The molecule has 0 amide bonds. The summed E-state index contributed by atoms with van der Waals surface area (Å²) < 4.78 is 6.96. The molecule has 0 spiro atoms. The Morgan fingerprint density at radius 3 is 2.57 bits per heavy atom. The normalized spacial score (nSPS) is 11.7. The molecule has 0 radical (unpaired) electrons. The van der Waals surface area contributed by atoms with E-state index in [4.69, 9.17) is 9.52 Å². The Morgan fingerprint density at radius 2 is 1.95 bits per heavy atom. The monoisotopic (exact) mass is 284 g/mol. The van der Waals surface area contributed by atoms with Crippen molar-refractivity contribution in [1.29, 1.82) is 0 Å². The van der Waals surface area contributed by atoms with Gasteiger partial charge in [-0.1, -0.05) is 13.8 Å². The Morgan fingerprint density at radius 1 is 1.19 bits per heavy atom. The molecule has 5 heteroatoms. The van der Waals surface area contributed by atoms with Crippen LogP contribution in [-0.2, 0) is 0 Å². The van der Waals surface area contributed by atoms with Gasteiger partial charge in [-0.15, -0.1) is 0 Å². The number of hydrogen-bond acceptors (Lipinski definition) is 4. The molecule has 0 fully saturated rings. The highest BCUT2D eigenvalue weighted by Crippen LogP contribution is 2.28. The minimum Gasteiger partial charge on any atom is -0.451 e. The van der Waals surface area contributed by atoms with E-state index >= 15 is 0 Å². The van der Waals surface area contributed by atoms with E-state index < -0.39 is 0 Å². The Kier molecular flexibility index (Phi) is 3.49. The van der Waals surface area contributed by atoms with Gasteiger partial charge in [0.1, 0.15) is 17.7 Å². The van der Waals surface area contributed by atoms with Gasteiger partial charge >= 0.3 is 0 Å². The lowest BCUT2D eigenvalue weighted by atomic mass is 9.93. The molecule has 3 aromatic rings. The van der Waals surface area contributed by atoms with Crippen LogP contribution in [0.2, 0.25) is 0 Å². The van der Waals surface area contributed by atoms with Gasteiger partial charge in [0.15, 0.2) is 12.0 Å². The van der Waals surface area contributed by atoms with Gasteiger partial charge in [-0.25, -0.2) is 14.5 Å². The molecule has 0 saturated heterocycles. The summed E-state index contributed by atoms with van der Waals surface area (Å²) >= 11 is 0. The molecule has 3 aromatic heterocycles. The summed E-state index contributed by atoms with van der Waals surface area (Å²) in [5.74, 6) is 0.537. The third-order valence-electron chi connectivity index (χ3n) is 4.11. The smallest absolute Gasteiger partial charge is 0.181 e. The lowest BCUT2D eigenvalue weighted by Gasteiger charge is -2.15. The zero-order valence-electron chi connectivity index (χ0n) is 12.9. The number of aromatic nitrogens is 4. The van der Waals surface area contributed by atoms with Crippen LogP contribution in [0.25, 0.3) is 17.0 Å². The van der Waals surface area contributed by atoms with E-state index in [9.17, 15) is 0 Å². The summed E-state index contributed by atoms with van der Waals surface area (Å²) in [5, 5.41) is 4.74. The molecule has 0 aliphatic heterocycles. The fraction of sp³-hybridized carbons (Fsp3) is 0.438. The molecule has 0 aromatic carbocycles. The summed E-state index contributed by atoms with van der Waals surface area (Å²) in [5.41, 5.74) is 5.80. The average molecular weight is 284 g/mol. The molecule has 5 nitrogen and oxygen atoms in total. The Labute approximate surface area is 124 Å². The van der Waals surface area contributed by atoms with E-state index in [-0.39, 0.29) is 0 Å². The first-order chi connectivity index (χ1) is 10.2. The van der Waals surface area contributed by atoms with Crippen molar-refractivity contribution in [1.82, 2.24) is 19.6 Å². The quantitative estimate of drug-likeness (QED) is 0.729. The Balaban J connectivity index is 2.22. The van der Waals surface area contributed by atoms with Gasteiger partial charge < -0.3 is 4.42 Å². The van der Waals surface area contributed by atoms with Crippen LogP contribution in [0.4, 0.5) is 0 Å². The topological polar surface area (TPSA) is 56.2 Å². The van der Waals surface area contributed by atoms with Crippen LogP contribution in [0.15, 0.2) is 23.1 Å². The van der Waals surface area contributed by atoms with Crippen LogP contribution in [0.3, 0.4) is 0 Å². The number of nitrogens with zero attached hydrogens (tertiary/aromatic N) is 4. The molecule has 0 N–H and O–H groups in total. The SMILES string of the molecule is CCC(CC)c1cc2nc(C)c(-c3cocn3)n2nc1C. The van der Waals surface area contributed by atoms with Gasteiger partial charge in [-0.05, 0) is 44.2 Å². The van der Waals surface area contributed by atoms with Crippen LogP contribution in [0, 0.1) is 13.8 Å². The van der Waals surface area contributed by atoms with Crippen molar-refractivity contribution < 1.29 is 4.42 Å². The number of rotatable bonds is 4. The third-order valence-corrected chi connectivity index (χ3v) is 4.11. The van der Waals surface area contributed by atoms with E-state index in [1.807, 2.05) is 11.4 Å². The molecular weight excluding hydrogens is 264 g/mol. The maximum atomic E-state index is 5.09. The first-order valence-corrected chi connectivity index (χ1v) is 7.41. The van der Waals surface area contributed by atoms with Crippen LogP contribution >= 0.6 is 0 Å². The van der Waals surface area contributed by atoms with Crippen molar-refractivity contribution in [2.75, 3.05) is 0 Å². The first-order valence-electron chi connectivity index (χ1n) is 7.41. The second kappa shape index (κ2) is 5.31. The van der Waals surface area contributed by atoms with Gasteiger partial charge in [0.2, 0.25) is 0 Å². The van der Waals surface area contributed by atoms with Crippen molar-refractivity contribution in [3.05, 3.63) is 35.7 Å². The van der Waals surface area contributed by atoms with E-state index in [1.165, 1.54) is 12.0 Å². The molecular formula is C16H20N4O. The molecule has 110 valence electrons. The van der Waals surface area contributed by atoms with Crippen molar-refractivity contribution in [3.8, 4) is 11.4 Å². The molecule has 0 aliphatic rings. The van der Waals surface area contributed by atoms with E-state index in [2.05, 4.69) is 36.8 Å². The van der Waals surface area contributed by atoms with Crippen LogP contribution < -0.4 is 0 Å². The maximum absolute atomic E-state index is 5.09. The number of oxazole rings is 1. The second-order valence-corrected chi connectivity index (χ2v) is 5.39. The van der Waals surface area contributed by atoms with Gasteiger partial charge in [-0.3, -0.25) is 0 Å². The van der Waals surface area contributed by atoms with Gasteiger partial charge in [0, 0.05) is 0 Å². The zero-order valence-corrected chi connectivity index (χ0v) is 12.9. The molecule has 3 heterocycles. The lowest BCUT2D eigenvalue weighted by Crippen LogP contribution is -2.05. The lowest BCUT2D eigenvalue weighted by molar-refractivity contribution is 0.558. The Bertz CT molecular complexity index is 754. The van der Waals surface area contributed by atoms with Crippen molar-refractivity contribution >= 4 is 5.65 Å². The average Bonchev–Trinajstić information content (AvgIpc) is 3.07. The van der Waals surface area contributed by atoms with Crippen LogP contribution in [-0.4, -0.2) is 19.6 Å². The van der Waals surface area contributed by atoms with Crippen molar-refractivity contribution in [2.45, 2.75) is 46.5 Å². The number of hydrogen-bond donors (Lipinski definition) is 0. The summed E-state index contributed by atoms with van der Waals surface area (Å²) in [4.78, 5) is 8.86. The van der Waals surface area contributed by atoms with Crippen molar-refractivity contribution in [2.24, 2.45) is 0 Å². The summed E-state index contributed by atoms with van der Waals surface area (Å²) in [6.45, 7) is 8.48. The van der Waals surface area contributed by atoms with Crippen LogP contribution in [0.5, 0.6) is 0 Å². The maximum Gasteiger partial charge on any atom is 0.181 e. The highest BCUT2D eigenvalue weighted by Gasteiger charge is 2.18. The highest BCUT2D eigenvalue weighted by molar-refractivity contribution is 5.62. The fourth-order valence-corrected chi connectivity index (χ4v) is 2.95. The fourth-order valence-electron chi connectivity index (χ4n) is 2.95. The predicted octanol–water partition coefficient (Wildman–Crippen LogP) is 3.90. The molecule has 21 heavy (non-hydrogen) atoms. The number of aryl methyl sites for hydroxylation is 2. The van der Waals surface area contributed by atoms with E-state index in [0.29, 0.717) is 5.92 Å². The first kappa shape index (κ1) is 13.8. The minimum absolute atomic E-state index is 0.537. The van der Waals surface area contributed by atoms with Crippen LogP contribution in [0.1, 0.15) is 49.6 Å². The second-order valence-electron chi connectivity index (χ2n) is 5.39. The predicted molar refractivity (Wildman–Crippen MR) is 81.3 cm³/mol. The van der Waals surface area contributed by atoms with Crippen molar-refractivity contribution in [3.63, 3.8) is 0 Å².